The molecular weight excluding hydrogens is 423 g/mol. The van der Waals surface area contributed by atoms with Crippen LogP contribution in [0, 0.1) is 11.7 Å². The van der Waals surface area contributed by atoms with Crippen molar-refractivity contribution in [2.45, 2.75) is 33.1 Å². The maximum absolute atomic E-state index is 13.8. The van der Waals surface area contributed by atoms with Crippen molar-refractivity contribution in [3.63, 3.8) is 0 Å². The lowest BCUT2D eigenvalue weighted by Crippen LogP contribution is -2.35. The summed E-state index contributed by atoms with van der Waals surface area (Å²) < 4.78 is 19.2. The molecule has 0 atom stereocenters. The van der Waals surface area contributed by atoms with E-state index in [0.29, 0.717) is 36.9 Å². The van der Waals surface area contributed by atoms with Crippen molar-refractivity contribution >= 4 is 29.0 Å². The van der Waals surface area contributed by atoms with Gasteiger partial charge < -0.3 is 25.6 Å². The minimum Gasteiger partial charge on any atom is -0.382 e. The molecule has 2 aromatic rings. The van der Waals surface area contributed by atoms with Gasteiger partial charge in [0.05, 0.1) is 11.3 Å². The Hall–Kier alpha value is -3.13. The number of para-hydroxylation sites is 1. The smallest absolute Gasteiger partial charge is 0.323 e. The summed E-state index contributed by atoms with van der Waals surface area (Å²) in [6.07, 6.45) is 2.86. The summed E-state index contributed by atoms with van der Waals surface area (Å²) >= 11 is 0. The van der Waals surface area contributed by atoms with E-state index in [1.54, 1.807) is 24.3 Å². The molecule has 0 radical (unpaired) electrons. The van der Waals surface area contributed by atoms with E-state index in [4.69, 9.17) is 4.74 Å². The van der Waals surface area contributed by atoms with E-state index in [1.807, 2.05) is 13.0 Å². The monoisotopic (exact) mass is 456 g/mol. The van der Waals surface area contributed by atoms with Crippen LogP contribution >= 0.6 is 0 Å². The summed E-state index contributed by atoms with van der Waals surface area (Å²) in [7, 11) is 0. The van der Waals surface area contributed by atoms with Gasteiger partial charge in [0.2, 0.25) is 0 Å². The Balaban J connectivity index is 1.73. The number of rotatable bonds is 9. The lowest BCUT2D eigenvalue weighted by Gasteiger charge is -2.33. The molecule has 8 heteroatoms. The Bertz CT molecular complexity index is 945. The molecule has 3 amide bonds. The zero-order valence-electron chi connectivity index (χ0n) is 19.3. The number of hydrogen-bond acceptors (Lipinski definition) is 4. The molecule has 3 rings (SSSR count). The average molecular weight is 457 g/mol. The fourth-order valence-electron chi connectivity index (χ4n) is 3.78. The van der Waals surface area contributed by atoms with Gasteiger partial charge in [0.15, 0.2) is 0 Å². The highest BCUT2D eigenvalue weighted by Crippen LogP contribution is 2.29. The summed E-state index contributed by atoms with van der Waals surface area (Å²) in [5.41, 5.74) is 1.90. The fourth-order valence-corrected chi connectivity index (χ4v) is 3.78. The number of ether oxygens (including phenoxy) is 1. The van der Waals surface area contributed by atoms with E-state index in [0.717, 1.165) is 38.0 Å². The normalized spacial score (nSPS) is 14.1. The van der Waals surface area contributed by atoms with Crippen molar-refractivity contribution in [1.82, 2.24) is 5.32 Å². The molecule has 1 aliphatic heterocycles. The van der Waals surface area contributed by atoms with Crippen molar-refractivity contribution in [2.75, 3.05) is 48.4 Å². The van der Waals surface area contributed by atoms with Gasteiger partial charge in [-0.15, -0.1) is 0 Å². The van der Waals surface area contributed by atoms with Crippen molar-refractivity contribution in [3.8, 4) is 0 Å². The molecule has 7 nitrogen and oxygen atoms in total. The molecule has 33 heavy (non-hydrogen) atoms. The molecule has 1 aliphatic rings. The molecule has 178 valence electrons. The minimum absolute atomic E-state index is 0.0846. The molecule has 0 unspecified atom stereocenters. The summed E-state index contributed by atoms with van der Waals surface area (Å²) in [4.78, 5) is 27.6. The van der Waals surface area contributed by atoms with Crippen LogP contribution in [0.2, 0.25) is 0 Å². The number of halogens is 1. The number of nitrogens with one attached hydrogen (secondary N) is 3. The van der Waals surface area contributed by atoms with Crippen molar-refractivity contribution < 1.29 is 18.7 Å². The van der Waals surface area contributed by atoms with Crippen LogP contribution < -0.4 is 20.9 Å². The standard InChI is InChI=1S/C25H33FN4O3/c1-3-33-16-6-13-27-24(31)20-17-19(9-10-23(20)30-14-11-18(2)12-15-30)28-25(32)29-22-8-5-4-7-21(22)26/h4-5,7-10,17-18H,3,6,11-16H2,1-2H3,(H,27,31)(H2,28,29,32). The average Bonchev–Trinajstić information content (AvgIpc) is 2.81. The molecule has 1 saturated heterocycles. The van der Waals surface area contributed by atoms with Gasteiger partial charge in [-0.2, -0.15) is 0 Å². The van der Waals surface area contributed by atoms with Crippen LogP contribution in [-0.2, 0) is 4.74 Å². The Morgan fingerprint density at radius 2 is 1.88 bits per heavy atom. The zero-order valence-corrected chi connectivity index (χ0v) is 19.3. The highest BCUT2D eigenvalue weighted by atomic mass is 19.1. The first-order valence-corrected chi connectivity index (χ1v) is 11.6. The molecule has 0 saturated carbocycles. The van der Waals surface area contributed by atoms with Gasteiger partial charge in [0, 0.05) is 44.2 Å². The molecule has 1 fully saturated rings. The summed E-state index contributed by atoms with van der Waals surface area (Å²) in [6, 6.07) is 10.7. The Kier molecular flexibility index (Phi) is 9.06. The van der Waals surface area contributed by atoms with Gasteiger partial charge in [-0.25, -0.2) is 9.18 Å². The van der Waals surface area contributed by atoms with E-state index in [2.05, 4.69) is 27.8 Å². The molecule has 0 bridgehead atoms. The zero-order chi connectivity index (χ0) is 23.6. The van der Waals surface area contributed by atoms with E-state index < -0.39 is 11.8 Å². The maximum Gasteiger partial charge on any atom is 0.323 e. The Morgan fingerprint density at radius 1 is 1.12 bits per heavy atom. The second-order valence-corrected chi connectivity index (χ2v) is 8.27. The molecule has 2 aromatic carbocycles. The highest BCUT2D eigenvalue weighted by Gasteiger charge is 2.22. The second-order valence-electron chi connectivity index (χ2n) is 8.27. The van der Waals surface area contributed by atoms with Crippen LogP contribution in [0.25, 0.3) is 0 Å². The van der Waals surface area contributed by atoms with Gasteiger partial charge in [0.1, 0.15) is 5.82 Å². The number of carbonyl (C=O) groups is 2. The van der Waals surface area contributed by atoms with Crippen molar-refractivity contribution in [3.05, 3.63) is 53.8 Å². The topological polar surface area (TPSA) is 82.7 Å². The third-order valence-electron chi connectivity index (χ3n) is 5.70. The van der Waals surface area contributed by atoms with E-state index >= 15 is 0 Å². The quantitative estimate of drug-likeness (QED) is 0.471. The Labute approximate surface area is 194 Å². The first-order chi connectivity index (χ1) is 16.0. The molecule has 0 spiro atoms. The first-order valence-electron chi connectivity index (χ1n) is 11.6. The molecule has 0 aromatic heterocycles. The van der Waals surface area contributed by atoms with Crippen LogP contribution in [0.1, 0.15) is 43.5 Å². The van der Waals surface area contributed by atoms with Gasteiger partial charge in [-0.3, -0.25) is 4.79 Å². The fraction of sp³-hybridized carbons (Fsp3) is 0.440. The van der Waals surface area contributed by atoms with E-state index in [-0.39, 0.29) is 11.6 Å². The lowest BCUT2D eigenvalue weighted by atomic mass is 9.98. The van der Waals surface area contributed by atoms with Crippen LogP contribution in [0.5, 0.6) is 0 Å². The van der Waals surface area contributed by atoms with E-state index in [9.17, 15) is 14.0 Å². The van der Waals surface area contributed by atoms with Crippen LogP contribution in [0.4, 0.5) is 26.2 Å². The Morgan fingerprint density at radius 3 is 2.61 bits per heavy atom. The second kappa shape index (κ2) is 12.2. The third-order valence-corrected chi connectivity index (χ3v) is 5.70. The molecule has 3 N–H and O–H groups in total. The first kappa shape index (κ1) is 24.5. The molecule has 1 heterocycles. The van der Waals surface area contributed by atoms with Gasteiger partial charge >= 0.3 is 6.03 Å². The largest absolute Gasteiger partial charge is 0.382 e. The van der Waals surface area contributed by atoms with Gasteiger partial charge in [-0.1, -0.05) is 19.1 Å². The number of amides is 3. The number of nitrogens with zero attached hydrogens (tertiary/aromatic N) is 1. The van der Waals surface area contributed by atoms with Crippen LogP contribution in [0.3, 0.4) is 0 Å². The maximum atomic E-state index is 13.8. The van der Waals surface area contributed by atoms with Crippen molar-refractivity contribution in [1.29, 1.82) is 0 Å². The summed E-state index contributed by atoms with van der Waals surface area (Å²) in [5.74, 6) is -0.0483. The van der Waals surface area contributed by atoms with E-state index in [1.165, 1.54) is 12.1 Å². The van der Waals surface area contributed by atoms with Gasteiger partial charge in [-0.05, 0) is 62.4 Å². The van der Waals surface area contributed by atoms with Crippen LogP contribution in [0.15, 0.2) is 42.5 Å². The number of anilines is 3. The molecule has 0 aliphatic carbocycles. The van der Waals surface area contributed by atoms with Crippen LogP contribution in [-0.4, -0.2) is 44.8 Å². The summed E-state index contributed by atoms with van der Waals surface area (Å²) in [6.45, 7) is 7.68. The predicted octanol–water partition coefficient (Wildman–Crippen LogP) is 4.86. The highest BCUT2D eigenvalue weighted by molar-refractivity contribution is 6.04. The van der Waals surface area contributed by atoms with Gasteiger partial charge in [0.25, 0.3) is 5.91 Å². The number of carbonyl (C=O) groups excluding carboxylic acids is 2. The SMILES string of the molecule is CCOCCCNC(=O)c1cc(NC(=O)Nc2ccccc2F)ccc1N1CCC(C)CC1. The predicted molar refractivity (Wildman–Crippen MR) is 130 cm³/mol. The lowest BCUT2D eigenvalue weighted by molar-refractivity contribution is 0.0944. The number of hydrogen-bond donors (Lipinski definition) is 3. The third kappa shape index (κ3) is 7.18. The number of benzene rings is 2. The minimum atomic E-state index is -0.581. The molecular formula is C25H33FN4O3. The number of urea groups is 1. The summed E-state index contributed by atoms with van der Waals surface area (Å²) in [5, 5.41) is 8.14. The number of piperidine rings is 1. The van der Waals surface area contributed by atoms with Crippen molar-refractivity contribution in [2.24, 2.45) is 5.92 Å².